The molecule has 19 heteroatoms. The maximum Gasteiger partial charge on any atom is 0.408 e. The second kappa shape index (κ2) is 16.6. The zero-order chi connectivity index (χ0) is 43.2. The summed E-state index contributed by atoms with van der Waals surface area (Å²) in [7, 11) is -4.13. The lowest BCUT2D eigenvalue weighted by molar-refractivity contribution is -0.184. The summed E-state index contributed by atoms with van der Waals surface area (Å²) in [6.07, 6.45) is -2.25. The molecule has 1 aromatic heterocycles. The van der Waals surface area contributed by atoms with Crippen LogP contribution in [0.5, 0.6) is 11.8 Å². The van der Waals surface area contributed by atoms with Gasteiger partial charge in [-0.1, -0.05) is 50.6 Å². The maximum absolute atomic E-state index is 14.9. The Bertz CT molecular complexity index is 2120. The van der Waals surface area contributed by atoms with Crippen LogP contribution in [0.4, 0.5) is 18.0 Å². The molecule has 8 atom stereocenters. The molecule has 14 nitrogen and oxygen atoms in total. The molecule has 2 aliphatic carbocycles. The number of nitrogens with zero attached hydrogens (tertiary/aromatic N) is 3. The van der Waals surface area contributed by atoms with Gasteiger partial charge in [0.2, 0.25) is 33.6 Å². The van der Waals surface area contributed by atoms with Crippen LogP contribution >= 0.6 is 11.6 Å². The van der Waals surface area contributed by atoms with E-state index in [-0.39, 0.29) is 48.4 Å². The van der Waals surface area contributed by atoms with Crippen molar-refractivity contribution in [2.24, 2.45) is 17.8 Å². The summed E-state index contributed by atoms with van der Waals surface area (Å²) in [4.78, 5) is 61.9. The van der Waals surface area contributed by atoms with E-state index in [0.29, 0.717) is 61.4 Å². The molecule has 1 aromatic carbocycles. The average molecular weight is 870 g/mol. The largest absolute Gasteiger partial charge is 0.478 e. The van der Waals surface area contributed by atoms with Crippen LogP contribution in [0.25, 0.3) is 10.8 Å². The van der Waals surface area contributed by atoms with E-state index in [1.807, 2.05) is 13.8 Å². The number of carbonyl (C=O) groups excluding carboxylic acids is 3. The molecule has 0 spiro atoms. The molecule has 3 N–H and O–H groups in total. The predicted molar refractivity (Wildman–Crippen MR) is 211 cm³/mol. The van der Waals surface area contributed by atoms with Gasteiger partial charge in [-0.15, -0.1) is 0 Å². The van der Waals surface area contributed by atoms with Gasteiger partial charge in [-0.3, -0.25) is 24.0 Å². The van der Waals surface area contributed by atoms with Gasteiger partial charge in [0.25, 0.3) is 5.91 Å². The summed E-state index contributed by atoms with van der Waals surface area (Å²) in [6.45, 7) is 7.37. The van der Waals surface area contributed by atoms with Crippen molar-refractivity contribution in [3.63, 3.8) is 0 Å². The molecule has 2 aromatic rings. The SMILES string of the molecule is CCCOc1cc2c(Cl)cccc2c(O[C@@H]2C[C@H]3C(=O)N[C@]4(C(=O)NS(=O)(=O)C5(C)CC5)C[C@H]4C=CCC[C@@H](C)C[C@@H](C)[C@H](N(C(=O)O)[C@H](C)C(F)(F)F)C(=O)N3C2)n1. The third kappa shape index (κ3) is 9.08. The van der Waals surface area contributed by atoms with E-state index in [0.717, 1.165) is 4.90 Å². The zero-order valence-corrected chi connectivity index (χ0v) is 35.1. The number of hydrogen-bond donors (Lipinski definition) is 3. The lowest BCUT2D eigenvalue weighted by Crippen LogP contribution is -2.62. The summed E-state index contributed by atoms with van der Waals surface area (Å²) < 4.78 is 82.7. The molecule has 0 bridgehead atoms. The quantitative estimate of drug-likeness (QED) is 0.232. The fourth-order valence-corrected chi connectivity index (χ4v) is 9.71. The first-order valence-electron chi connectivity index (χ1n) is 19.9. The fraction of sp³-hybridized carbons (Fsp3) is 0.625. The van der Waals surface area contributed by atoms with Gasteiger partial charge in [0, 0.05) is 34.2 Å². The van der Waals surface area contributed by atoms with Crippen molar-refractivity contribution < 1.29 is 55.3 Å². The molecule has 2 aliphatic heterocycles. The smallest absolute Gasteiger partial charge is 0.408 e. The Morgan fingerprint density at radius 1 is 1.19 bits per heavy atom. The van der Waals surface area contributed by atoms with E-state index in [9.17, 15) is 45.9 Å². The number of rotatable bonds is 10. The first-order chi connectivity index (χ1) is 27.6. The van der Waals surface area contributed by atoms with Crippen molar-refractivity contribution in [3.05, 3.63) is 41.4 Å². The molecular formula is C40H51ClF3N5O9S. The first kappa shape index (κ1) is 44.2. The fourth-order valence-electron chi connectivity index (χ4n) is 8.17. The third-order valence-electron chi connectivity index (χ3n) is 12.1. The number of benzene rings is 1. The average Bonchev–Trinajstić information content (AvgIpc) is 4.03. The summed E-state index contributed by atoms with van der Waals surface area (Å²) >= 11 is 6.54. The molecular weight excluding hydrogens is 819 g/mol. The van der Waals surface area contributed by atoms with Gasteiger partial charge in [-0.25, -0.2) is 13.2 Å². The number of allylic oxidation sites excluding steroid dienone is 1. The number of sulfonamides is 1. The van der Waals surface area contributed by atoms with Crippen LogP contribution in [0.3, 0.4) is 0 Å². The van der Waals surface area contributed by atoms with E-state index in [1.54, 1.807) is 36.4 Å². The van der Waals surface area contributed by atoms with E-state index in [4.69, 9.17) is 21.1 Å². The topological polar surface area (TPSA) is 185 Å². The molecule has 4 amide bonds. The maximum atomic E-state index is 14.9. The van der Waals surface area contributed by atoms with Crippen molar-refractivity contribution in [1.82, 2.24) is 24.8 Å². The monoisotopic (exact) mass is 869 g/mol. The highest BCUT2D eigenvalue weighted by Crippen LogP contribution is 2.48. The predicted octanol–water partition coefficient (Wildman–Crippen LogP) is 6.21. The molecule has 0 radical (unpaired) electrons. The molecule has 3 heterocycles. The van der Waals surface area contributed by atoms with Gasteiger partial charge in [0.05, 0.1) is 17.9 Å². The highest BCUT2D eigenvalue weighted by Gasteiger charge is 2.63. The second-order valence-electron chi connectivity index (χ2n) is 16.8. The van der Waals surface area contributed by atoms with E-state index in [2.05, 4.69) is 15.0 Å². The molecule has 324 valence electrons. The molecule has 4 aliphatic rings. The van der Waals surface area contributed by atoms with Crippen molar-refractivity contribution in [3.8, 4) is 11.8 Å². The van der Waals surface area contributed by atoms with Crippen LogP contribution in [0.1, 0.15) is 86.0 Å². The third-order valence-corrected chi connectivity index (χ3v) is 14.6. The zero-order valence-electron chi connectivity index (χ0n) is 33.6. The Labute approximate surface area is 346 Å². The lowest BCUT2D eigenvalue weighted by atomic mass is 9.86. The van der Waals surface area contributed by atoms with Gasteiger partial charge in [-0.2, -0.15) is 18.2 Å². The summed E-state index contributed by atoms with van der Waals surface area (Å²) in [6, 6.07) is 0.683. The van der Waals surface area contributed by atoms with Gasteiger partial charge < -0.3 is 24.8 Å². The first-order valence-corrected chi connectivity index (χ1v) is 21.8. The standard InChI is InChI=1S/C40H51ClF3N5O9S/c1-6-16-57-31-19-28-27(12-9-13-29(28)41)34(45-31)58-26-18-30-33(50)46-39(36(52)47-59(55,56)38(5)14-15-38)20-25(39)11-8-7-10-22(2)17-23(3)32(35(51)48(30)21-26)49(37(53)54)24(4)40(42,43)44/h8-9,11-13,19,22-26,30,32H,6-7,10,14-18,20-21H2,1-5H3,(H,46,50)(H,47,52)(H,53,54)/t22-,23-,24-,25-,26-,30+,32+,39-/m1/s1. The van der Waals surface area contributed by atoms with Gasteiger partial charge in [0.1, 0.15) is 29.8 Å². The number of ether oxygens (including phenoxy) is 2. The molecule has 3 fully saturated rings. The van der Waals surface area contributed by atoms with E-state index < -0.39 is 86.4 Å². The molecule has 6 rings (SSSR count). The summed E-state index contributed by atoms with van der Waals surface area (Å²) in [5.41, 5.74) is -1.73. The Balaban J connectivity index is 1.42. The molecule has 1 saturated heterocycles. The Morgan fingerprint density at radius 3 is 2.54 bits per heavy atom. The summed E-state index contributed by atoms with van der Waals surface area (Å²) in [5.74, 6) is -4.44. The van der Waals surface area contributed by atoms with Crippen LogP contribution in [-0.4, -0.2) is 106 Å². The van der Waals surface area contributed by atoms with E-state index in [1.165, 1.54) is 13.8 Å². The van der Waals surface area contributed by atoms with Crippen molar-refractivity contribution >= 4 is 56.2 Å². The number of amides is 4. The normalized spacial score (nSPS) is 28.9. The van der Waals surface area contributed by atoms with Crippen LogP contribution in [0, 0.1) is 17.8 Å². The number of aromatic nitrogens is 1. The number of halogens is 4. The van der Waals surface area contributed by atoms with Gasteiger partial charge in [0.15, 0.2) is 0 Å². The highest BCUT2D eigenvalue weighted by molar-refractivity contribution is 7.91. The number of alkyl halides is 3. The minimum atomic E-state index is -5.04. The molecule has 59 heavy (non-hydrogen) atoms. The van der Waals surface area contributed by atoms with Crippen LogP contribution in [0.15, 0.2) is 36.4 Å². The lowest BCUT2D eigenvalue weighted by Gasteiger charge is -2.40. The van der Waals surface area contributed by atoms with E-state index >= 15 is 0 Å². The van der Waals surface area contributed by atoms with Crippen LogP contribution in [0.2, 0.25) is 5.02 Å². The van der Waals surface area contributed by atoms with Gasteiger partial charge in [-0.05, 0) is 82.8 Å². The second-order valence-corrected chi connectivity index (χ2v) is 19.4. The summed E-state index contributed by atoms with van der Waals surface area (Å²) in [5, 5.41) is 14.4. The van der Waals surface area contributed by atoms with Crippen molar-refractivity contribution in [1.29, 1.82) is 0 Å². The minimum Gasteiger partial charge on any atom is -0.478 e. The van der Waals surface area contributed by atoms with Crippen molar-refractivity contribution in [2.75, 3.05) is 13.2 Å². The number of carbonyl (C=O) groups is 4. The Kier molecular flexibility index (Phi) is 12.5. The Hall–Kier alpha value is -4.32. The van der Waals surface area contributed by atoms with Gasteiger partial charge >= 0.3 is 12.3 Å². The number of pyridine rings is 1. The van der Waals surface area contributed by atoms with Crippen LogP contribution < -0.4 is 19.5 Å². The Morgan fingerprint density at radius 2 is 1.90 bits per heavy atom. The van der Waals surface area contributed by atoms with Crippen molar-refractivity contribution in [2.45, 2.75) is 127 Å². The molecule has 2 saturated carbocycles. The molecule has 0 unspecified atom stereocenters. The number of nitrogens with one attached hydrogen (secondary N) is 2. The number of carboxylic acid groups (broad SMARTS) is 1. The highest BCUT2D eigenvalue weighted by atomic mass is 35.5. The minimum absolute atomic E-state index is 0.0373. The van der Waals surface area contributed by atoms with Crippen LogP contribution in [-0.2, 0) is 24.4 Å². The number of fused-ring (bicyclic) bond motifs is 3. The number of hydrogen-bond acceptors (Lipinski definition) is 9.